The largest absolute Gasteiger partial charge is 0.494 e. The number of thiophene rings is 1. The highest BCUT2D eigenvalue weighted by molar-refractivity contribution is 7.80. The monoisotopic (exact) mass is 332 g/mol. The molecular weight excluding hydrogens is 312 g/mol. The summed E-state index contributed by atoms with van der Waals surface area (Å²) >= 11 is 7.43. The summed E-state index contributed by atoms with van der Waals surface area (Å²) in [6, 6.07) is 12.7. The van der Waals surface area contributed by atoms with Crippen LogP contribution in [0.4, 0.5) is 5.69 Å². The first-order chi connectivity index (χ1) is 10.8. The van der Waals surface area contributed by atoms with Crippen LogP contribution in [0.5, 0.6) is 5.75 Å². The van der Waals surface area contributed by atoms with Crippen LogP contribution in [0.3, 0.4) is 0 Å². The summed E-state index contributed by atoms with van der Waals surface area (Å²) in [6.45, 7) is 3.69. The lowest BCUT2D eigenvalue weighted by atomic mass is 10.2. The molecule has 1 atom stereocenters. The highest BCUT2D eigenvalue weighted by atomic mass is 32.1. The van der Waals surface area contributed by atoms with Crippen molar-refractivity contribution in [1.82, 2.24) is 4.90 Å². The Kier molecular flexibility index (Phi) is 4.95. The lowest BCUT2D eigenvalue weighted by Gasteiger charge is -2.27. The van der Waals surface area contributed by atoms with E-state index in [-0.39, 0.29) is 0 Å². The maximum Gasteiger partial charge on any atom is 0.173 e. The van der Waals surface area contributed by atoms with Crippen molar-refractivity contribution < 1.29 is 4.74 Å². The summed E-state index contributed by atoms with van der Waals surface area (Å²) in [7, 11) is 0. The molecule has 3 nitrogen and oxygen atoms in total. The third-order valence-electron chi connectivity index (χ3n) is 3.80. The normalized spacial score (nSPS) is 17.5. The SMILES string of the molecule is CCOc1ccc(NC(=S)N2CCC[C@@H]2c2cccs2)cc1. The molecule has 1 aromatic carbocycles. The molecule has 1 fully saturated rings. The molecule has 1 N–H and O–H groups in total. The fraction of sp³-hybridized carbons (Fsp3) is 0.353. The van der Waals surface area contributed by atoms with E-state index in [1.54, 1.807) is 0 Å². The van der Waals surface area contributed by atoms with Gasteiger partial charge in [-0.05, 0) is 67.7 Å². The van der Waals surface area contributed by atoms with Crippen LogP contribution in [0.1, 0.15) is 30.7 Å². The van der Waals surface area contributed by atoms with Crippen LogP contribution in [0.2, 0.25) is 0 Å². The maximum absolute atomic E-state index is 5.62. The summed E-state index contributed by atoms with van der Waals surface area (Å²) < 4.78 is 5.46. The minimum Gasteiger partial charge on any atom is -0.494 e. The first-order valence-corrected chi connectivity index (χ1v) is 8.90. The average Bonchev–Trinajstić information content (AvgIpc) is 3.20. The number of nitrogens with one attached hydrogen (secondary N) is 1. The molecule has 0 unspecified atom stereocenters. The first kappa shape index (κ1) is 15.3. The van der Waals surface area contributed by atoms with E-state index in [1.807, 2.05) is 42.5 Å². The van der Waals surface area contributed by atoms with E-state index < -0.39 is 0 Å². The third kappa shape index (κ3) is 3.42. The molecule has 116 valence electrons. The van der Waals surface area contributed by atoms with Crippen molar-refractivity contribution in [1.29, 1.82) is 0 Å². The highest BCUT2D eigenvalue weighted by Gasteiger charge is 2.28. The summed E-state index contributed by atoms with van der Waals surface area (Å²) in [5.41, 5.74) is 1.00. The van der Waals surface area contributed by atoms with Crippen LogP contribution < -0.4 is 10.1 Å². The zero-order valence-electron chi connectivity index (χ0n) is 12.6. The van der Waals surface area contributed by atoms with Gasteiger partial charge in [-0.2, -0.15) is 0 Å². The van der Waals surface area contributed by atoms with Crippen LogP contribution >= 0.6 is 23.6 Å². The lowest BCUT2D eigenvalue weighted by Crippen LogP contribution is -2.33. The molecule has 0 saturated carbocycles. The number of hydrogen-bond acceptors (Lipinski definition) is 3. The molecule has 22 heavy (non-hydrogen) atoms. The minimum atomic E-state index is 0.419. The number of hydrogen-bond donors (Lipinski definition) is 1. The molecule has 3 rings (SSSR count). The fourth-order valence-corrected chi connectivity index (χ4v) is 3.99. The Labute approximate surface area is 140 Å². The molecular formula is C17H20N2OS2. The van der Waals surface area contributed by atoms with Gasteiger partial charge in [0.15, 0.2) is 5.11 Å². The molecule has 1 aromatic heterocycles. The van der Waals surface area contributed by atoms with E-state index in [4.69, 9.17) is 17.0 Å². The molecule has 0 bridgehead atoms. The zero-order chi connectivity index (χ0) is 15.4. The number of benzene rings is 1. The van der Waals surface area contributed by atoms with Gasteiger partial charge < -0.3 is 15.0 Å². The second-order valence-corrected chi connectivity index (χ2v) is 6.62. The Morgan fingerprint density at radius 3 is 2.86 bits per heavy atom. The number of likely N-dealkylation sites (tertiary alicyclic amines) is 1. The molecule has 1 aliphatic heterocycles. The molecule has 0 radical (unpaired) electrons. The van der Waals surface area contributed by atoms with Gasteiger partial charge in [0, 0.05) is 17.1 Å². The van der Waals surface area contributed by atoms with Crippen molar-refractivity contribution in [3.8, 4) is 5.75 Å². The first-order valence-electron chi connectivity index (χ1n) is 7.62. The maximum atomic E-state index is 5.62. The van der Waals surface area contributed by atoms with E-state index in [0.717, 1.165) is 23.1 Å². The van der Waals surface area contributed by atoms with Gasteiger partial charge >= 0.3 is 0 Å². The molecule has 2 heterocycles. The summed E-state index contributed by atoms with van der Waals surface area (Å²) in [6.07, 6.45) is 2.36. The van der Waals surface area contributed by atoms with Crippen molar-refractivity contribution in [2.24, 2.45) is 0 Å². The molecule has 1 saturated heterocycles. The third-order valence-corrected chi connectivity index (χ3v) is 5.11. The second-order valence-electron chi connectivity index (χ2n) is 5.25. The van der Waals surface area contributed by atoms with E-state index >= 15 is 0 Å². The Balaban J connectivity index is 1.66. The molecule has 0 amide bonds. The smallest absolute Gasteiger partial charge is 0.173 e. The zero-order valence-corrected chi connectivity index (χ0v) is 14.3. The van der Waals surface area contributed by atoms with Crippen molar-refractivity contribution >= 4 is 34.4 Å². The van der Waals surface area contributed by atoms with Crippen molar-refractivity contribution in [3.63, 3.8) is 0 Å². The van der Waals surface area contributed by atoms with Crippen molar-refractivity contribution in [3.05, 3.63) is 46.7 Å². The Hall–Kier alpha value is -1.59. The molecule has 1 aliphatic rings. The lowest BCUT2D eigenvalue weighted by molar-refractivity contribution is 0.340. The number of rotatable bonds is 4. The van der Waals surface area contributed by atoms with Gasteiger partial charge in [0.1, 0.15) is 5.75 Å². The number of thiocarbonyl (C=S) groups is 1. The summed E-state index contributed by atoms with van der Waals surface area (Å²) in [5, 5.41) is 6.29. The van der Waals surface area contributed by atoms with Crippen LogP contribution in [0.25, 0.3) is 0 Å². The van der Waals surface area contributed by atoms with Crippen molar-refractivity contribution in [2.75, 3.05) is 18.5 Å². The van der Waals surface area contributed by atoms with Gasteiger partial charge in [-0.3, -0.25) is 0 Å². The second kappa shape index (κ2) is 7.11. The van der Waals surface area contributed by atoms with Gasteiger partial charge in [0.25, 0.3) is 0 Å². The molecule has 2 aromatic rings. The molecule has 0 aliphatic carbocycles. The van der Waals surface area contributed by atoms with Crippen LogP contribution in [-0.2, 0) is 0 Å². The molecule has 5 heteroatoms. The standard InChI is InChI=1S/C17H20N2OS2/c1-2-20-14-9-7-13(8-10-14)18-17(21)19-11-3-5-15(19)16-6-4-12-22-16/h4,6-10,12,15H,2-3,5,11H2,1H3,(H,18,21)/t15-/m1/s1. The van der Waals surface area contributed by atoms with Crippen molar-refractivity contribution in [2.45, 2.75) is 25.8 Å². The number of ether oxygens (including phenoxy) is 1. The highest BCUT2D eigenvalue weighted by Crippen LogP contribution is 2.34. The van der Waals surface area contributed by atoms with E-state index in [9.17, 15) is 0 Å². The average molecular weight is 332 g/mol. The number of anilines is 1. The minimum absolute atomic E-state index is 0.419. The topological polar surface area (TPSA) is 24.5 Å². The van der Waals surface area contributed by atoms with Crippen LogP contribution in [-0.4, -0.2) is 23.2 Å². The van der Waals surface area contributed by atoms with E-state index in [1.165, 1.54) is 17.7 Å². The van der Waals surface area contributed by atoms with Gasteiger partial charge in [0.05, 0.1) is 12.6 Å². The van der Waals surface area contributed by atoms with Gasteiger partial charge in [-0.1, -0.05) is 6.07 Å². The Bertz CT molecular complexity index is 610. The van der Waals surface area contributed by atoms with Gasteiger partial charge in [-0.25, -0.2) is 0 Å². The fourth-order valence-electron chi connectivity index (χ4n) is 2.78. The van der Waals surface area contributed by atoms with Crippen LogP contribution in [0, 0.1) is 0 Å². The predicted octanol–water partition coefficient (Wildman–Crippen LogP) is 4.68. The Morgan fingerprint density at radius 2 is 2.18 bits per heavy atom. The van der Waals surface area contributed by atoms with Gasteiger partial charge in [-0.15, -0.1) is 11.3 Å². The van der Waals surface area contributed by atoms with Crippen LogP contribution in [0.15, 0.2) is 41.8 Å². The number of nitrogens with zero attached hydrogens (tertiary/aromatic N) is 1. The summed E-state index contributed by atoms with van der Waals surface area (Å²) in [5.74, 6) is 0.886. The van der Waals surface area contributed by atoms with E-state index in [2.05, 4.69) is 27.7 Å². The quantitative estimate of drug-likeness (QED) is 0.822. The predicted molar refractivity (Wildman–Crippen MR) is 96.8 cm³/mol. The van der Waals surface area contributed by atoms with Gasteiger partial charge in [0.2, 0.25) is 0 Å². The summed E-state index contributed by atoms with van der Waals surface area (Å²) in [4.78, 5) is 3.70. The Morgan fingerprint density at radius 1 is 1.36 bits per heavy atom. The molecule has 0 spiro atoms. The van der Waals surface area contributed by atoms with E-state index in [0.29, 0.717) is 12.6 Å².